The summed E-state index contributed by atoms with van der Waals surface area (Å²) >= 11 is 0. The van der Waals surface area contributed by atoms with Crippen LogP contribution in [0.5, 0.6) is 0 Å². The molecule has 7 heteroatoms. The number of ether oxygens (including phenoxy) is 1. The summed E-state index contributed by atoms with van der Waals surface area (Å²) in [5.74, 6) is -0.0351. The first-order valence-electron chi connectivity index (χ1n) is 7.19. The summed E-state index contributed by atoms with van der Waals surface area (Å²) in [4.78, 5) is -0.263. The Morgan fingerprint density at radius 3 is 2.62 bits per heavy atom. The number of hydrogen-bond donors (Lipinski definition) is 1. The number of nitrogens with one attached hydrogen (secondary N) is 1. The summed E-state index contributed by atoms with van der Waals surface area (Å²) in [5.41, 5.74) is 0.625. The molecule has 0 amide bonds. The summed E-state index contributed by atoms with van der Waals surface area (Å²) in [7, 11) is -3.78. The van der Waals surface area contributed by atoms with Crippen molar-refractivity contribution >= 4 is 15.7 Å². The average Bonchev–Trinajstić information content (AvgIpc) is 3.30. The van der Waals surface area contributed by atoms with Crippen molar-refractivity contribution in [3.63, 3.8) is 0 Å². The predicted octanol–water partition coefficient (Wildman–Crippen LogP) is 1.67. The zero-order chi connectivity index (χ0) is 14.9. The van der Waals surface area contributed by atoms with E-state index in [1.54, 1.807) is 6.07 Å². The Labute approximate surface area is 124 Å². The quantitative estimate of drug-likeness (QED) is 0.898. The van der Waals surface area contributed by atoms with Gasteiger partial charge in [-0.15, -0.1) is 0 Å². The van der Waals surface area contributed by atoms with Gasteiger partial charge >= 0.3 is 0 Å². The van der Waals surface area contributed by atoms with Gasteiger partial charge in [0.25, 0.3) is 0 Å². The molecule has 3 rings (SSSR count). The molecule has 1 N–H and O–H groups in total. The maximum Gasteiger partial charge on any atom is 0.246 e. The first-order valence-corrected chi connectivity index (χ1v) is 8.63. The smallest absolute Gasteiger partial charge is 0.246 e. The summed E-state index contributed by atoms with van der Waals surface area (Å²) in [6.45, 7) is 2.05. The fourth-order valence-electron chi connectivity index (χ4n) is 2.33. The zero-order valence-corrected chi connectivity index (χ0v) is 12.5. The normalized spacial score (nSPS) is 20.4. The number of nitrogens with zero attached hydrogens (tertiary/aromatic N) is 1. The topological polar surface area (TPSA) is 58.6 Å². The highest BCUT2D eigenvalue weighted by Crippen LogP contribution is 2.29. The largest absolute Gasteiger partial charge is 0.385 e. The van der Waals surface area contributed by atoms with Gasteiger partial charge in [0, 0.05) is 25.3 Å². The van der Waals surface area contributed by atoms with Gasteiger partial charge in [-0.2, -0.15) is 4.31 Å². The van der Waals surface area contributed by atoms with Crippen LogP contribution >= 0.6 is 0 Å². The molecule has 0 bridgehead atoms. The lowest BCUT2D eigenvalue weighted by atomic mass is 10.3. The molecular weight excluding hydrogens is 295 g/mol. The van der Waals surface area contributed by atoms with E-state index in [1.165, 1.54) is 29.3 Å². The SMILES string of the molecule is O=S(=O)(c1ccc(NCC2CC2)cc1F)N1CCOCC1. The van der Waals surface area contributed by atoms with Crippen LogP contribution < -0.4 is 5.32 Å². The van der Waals surface area contributed by atoms with E-state index in [0.29, 0.717) is 24.8 Å². The first kappa shape index (κ1) is 14.7. The third-order valence-corrected chi connectivity index (χ3v) is 5.74. The Hall–Kier alpha value is -1.18. The van der Waals surface area contributed by atoms with Gasteiger partial charge in [0.05, 0.1) is 13.2 Å². The van der Waals surface area contributed by atoms with Crippen LogP contribution in [-0.2, 0) is 14.8 Å². The monoisotopic (exact) mass is 314 g/mol. The van der Waals surface area contributed by atoms with Crippen molar-refractivity contribution in [3.8, 4) is 0 Å². The van der Waals surface area contributed by atoms with Crippen LogP contribution in [0.15, 0.2) is 23.1 Å². The number of rotatable bonds is 5. The molecule has 1 aliphatic carbocycles. The molecular formula is C14H19FN2O3S. The molecule has 1 aromatic rings. The van der Waals surface area contributed by atoms with E-state index >= 15 is 0 Å². The molecule has 21 heavy (non-hydrogen) atoms. The van der Waals surface area contributed by atoms with Gasteiger partial charge < -0.3 is 10.1 Å². The molecule has 1 heterocycles. The molecule has 1 aromatic carbocycles. The van der Waals surface area contributed by atoms with Crippen molar-refractivity contribution in [2.45, 2.75) is 17.7 Å². The van der Waals surface area contributed by atoms with Crippen LogP contribution in [-0.4, -0.2) is 45.6 Å². The Bertz CT molecular complexity index is 611. The maximum atomic E-state index is 14.2. The van der Waals surface area contributed by atoms with Crippen LogP contribution in [0.2, 0.25) is 0 Å². The molecule has 2 aliphatic rings. The number of halogens is 1. The highest BCUT2D eigenvalue weighted by atomic mass is 32.2. The Balaban J connectivity index is 1.77. The summed E-state index contributed by atoms with van der Waals surface area (Å²) in [6.07, 6.45) is 2.41. The lowest BCUT2D eigenvalue weighted by Crippen LogP contribution is -2.40. The summed E-state index contributed by atoms with van der Waals surface area (Å²) < 4.78 is 45.4. The van der Waals surface area contributed by atoms with Crippen LogP contribution in [0, 0.1) is 11.7 Å². The number of sulfonamides is 1. The van der Waals surface area contributed by atoms with Crippen molar-refractivity contribution in [3.05, 3.63) is 24.0 Å². The molecule has 0 aromatic heterocycles. The van der Waals surface area contributed by atoms with Gasteiger partial charge in [-0.25, -0.2) is 12.8 Å². The van der Waals surface area contributed by atoms with Crippen molar-refractivity contribution in [1.82, 2.24) is 4.31 Å². The van der Waals surface area contributed by atoms with E-state index in [4.69, 9.17) is 4.74 Å². The highest BCUT2D eigenvalue weighted by molar-refractivity contribution is 7.89. The molecule has 1 saturated heterocycles. The minimum absolute atomic E-state index is 0.263. The Morgan fingerprint density at radius 1 is 1.29 bits per heavy atom. The number of hydrogen-bond acceptors (Lipinski definition) is 4. The molecule has 0 unspecified atom stereocenters. The Kier molecular flexibility index (Phi) is 4.14. The molecule has 0 atom stereocenters. The number of morpholine rings is 1. The van der Waals surface area contributed by atoms with Gasteiger partial charge in [0.2, 0.25) is 10.0 Å². The minimum atomic E-state index is -3.78. The first-order chi connectivity index (χ1) is 10.1. The van der Waals surface area contributed by atoms with Crippen molar-refractivity contribution in [2.24, 2.45) is 5.92 Å². The second kappa shape index (κ2) is 5.90. The van der Waals surface area contributed by atoms with Crippen LogP contribution in [0.1, 0.15) is 12.8 Å². The van der Waals surface area contributed by atoms with Gasteiger partial charge in [0.1, 0.15) is 10.7 Å². The fourth-order valence-corrected chi connectivity index (χ4v) is 3.78. The van der Waals surface area contributed by atoms with Gasteiger partial charge in [-0.05, 0) is 37.0 Å². The van der Waals surface area contributed by atoms with Crippen LogP contribution in [0.4, 0.5) is 10.1 Å². The highest BCUT2D eigenvalue weighted by Gasteiger charge is 2.29. The second-order valence-corrected chi connectivity index (χ2v) is 7.39. The van der Waals surface area contributed by atoms with E-state index in [-0.39, 0.29) is 18.0 Å². The van der Waals surface area contributed by atoms with Gasteiger partial charge in [-0.1, -0.05) is 0 Å². The molecule has 116 valence electrons. The second-order valence-electron chi connectivity index (χ2n) is 5.49. The maximum absolute atomic E-state index is 14.2. The zero-order valence-electron chi connectivity index (χ0n) is 11.7. The van der Waals surface area contributed by atoms with Crippen LogP contribution in [0.3, 0.4) is 0 Å². The summed E-state index contributed by atoms with van der Waals surface area (Å²) in [6, 6.07) is 4.23. The van der Waals surface area contributed by atoms with E-state index in [1.807, 2.05) is 0 Å². The van der Waals surface area contributed by atoms with E-state index in [0.717, 1.165) is 6.54 Å². The lowest BCUT2D eigenvalue weighted by Gasteiger charge is -2.26. The predicted molar refractivity (Wildman–Crippen MR) is 77.2 cm³/mol. The third kappa shape index (κ3) is 3.36. The average molecular weight is 314 g/mol. The molecule has 0 spiro atoms. The van der Waals surface area contributed by atoms with Crippen molar-refractivity contribution < 1.29 is 17.5 Å². The fraction of sp³-hybridized carbons (Fsp3) is 0.571. The van der Waals surface area contributed by atoms with Crippen molar-refractivity contribution in [2.75, 3.05) is 38.2 Å². The Morgan fingerprint density at radius 2 is 2.00 bits per heavy atom. The minimum Gasteiger partial charge on any atom is -0.385 e. The molecule has 5 nitrogen and oxygen atoms in total. The number of anilines is 1. The lowest BCUT2D eigenvalue weighted by molar-refractivity contribution is 0.0729. The molecule has 2 fully saturated rings. The molecule has 0 radical (unpaired) electrons. The van der Waals surface area contributed by atoms with Crippen molar-refractivity contribution in [1.29, 1.82) is 0 Å². The molecule has 1 saturated carbocycles. The van der Waals surface area contributed by atoms with E-state index in [9.17, 15) is 12.8 Å². The van der Waals surface area contributed by atoms with Gasteiger partial charge in [0.15, 0.2) is 0 Å². The molecule has 1 aliphatic heterocycles. The summed E-state index contributed by atoms with van der Waals surface area (Å²) in [5, 5.41) is 3.14. The van der Waals surface area contributed by atoms with E-state index in [2.05, 4.69) is 5.32 Å². The standard InChI is InChI=1S/C14H19FN2O3S/c15-13-9-12(16-10-11-1-2-11)3-4-14(13)21(18,19)17-5-7-20-8-6-17/h3-4,9,11,16H,1-2,5-8,10H2. The number of benzene rings is 1. The van der Waals surface area contributed by atoms with Gasteiger partial charge in [-0.3, -0.25) is 0 Å². The third-order valence-electron chi connectivity index (χ3n) is 3.81. The van der Waals surface area contributed by atoms with E-state index < -0.39 is 15.8 Å². The van der Waals surface area contributed by atoms with Crippen LogP contribution in [0.25, 0.3) is 0 Å².